The van der Waals surface area contributed by atoms with Crippen molar-refractivity contribution in [1.29, 1.82) is 0 Å². The van der Waals surface area contributed by atoms with Gasteiger partial charge < -0.3 is 9.64 Å². The Morgan fingerprint density at radius 3 is 2.73 bits per heavy atom. The molecule has 6 heteroatoms. The van der Waals surface area contributed by atoms with Gasteiger partial charge in [-0.05, 0) is 69.4 Å². The molecule has 0 aromatic heterocycles. The first-order chi connectivity index (χ1) is 14.2. The van der Waals surface area contributed by atoms with Gasteiger partial charge in [0.1, 0.15) is 5.75 Å². The number of carbonyl (C=O) groups is 1. The molecule has 0 radical (unpaired) electrons. The molecule has 160 valence electrons. The smallest absolute Gasteiger partial charge is 0.272 e. The molecule has 1 N–H and O–H groups in total. The van der Waals surface area contributed by atoms with Crippen molar-refractivity contribution in [3.8, 4) is 5.75 Å². The molecule has 1 unspecified atom stereocenters. The van der Waals surface area contributed by atoms with Crippen molar-refractivity contribution in [2.45, 2.75) is 52.5 Å². The van der Waals surface area contributed by atoms with Gasteiger partial charge >= 0.3 is 0 Å². The second-order valence-corrected chi connectivity index (χ2v) is 8.90. The van der Waals surface area contributed by atoms with E-state index in [1.54, 1.807) is 25.5 Å². The highest BCUT2D eigenvalue weighted by Gasteiger charge is 2.36. The van der Waals surface area contributed by atoms with E-state index in [0.29, 0.717) is 16.5 Å². The number of anilines is 1. The molecular weight excluding hydrogens is 398 g/mol. The van der Waals surface area contributed by atoms with Crippen LogP contribution in [0.3, 0.4) is 0 Å². The van der Waals surface area contributed by atoms with E-state index in [2.05, 4.69) is 55.3 Å². The maximum Gasteiger partial charge on any atom is 0.272 e. The lowest BCUT2D eigenvalue weighted by atomic mass is 9.79. The number of hydrazone groups is 1. The Hall–Kier alpha value is -2.53. The molecule has 1 amide bonds. The summed E-state index contributed by atoms with van der Waals surface area (Å²) in [7, 11) is 1.65. The van der Waals surface area contributed by atoms with Gasteiger partial charge in [-0.1, -0.05) is 24.6 Å². The van der Waals surface area contributed by atoms with Crippen LogP contribution < -0.4 is 15.1 Å². The van der Waals surface area contributed by atoms with E-state index in [1.807, 2.05) is 13.0 Å². The number of nitrogens with one attached hydrogen (secondary N) is 1. The maximum absolute atomic E-state index is 12.4. The van der Waals surface area contributed by atoms with Crippen molar-refractivity contribution >= 4 is 29.4 Å². The molecule has 0 saturated carbocycles. The summed E-state index contributed by atoms with van der Waals surface area (Å²) in [6, 6.07) is 9.50. The molecule has 0 aliphatic carbocycles. The summed E-state index contributed by atoms with van der Waals surface area (Å²) in [5, 5.41) is 4.56. The van der Waals surface area contributed by atoms with Crippen molar-refractivity contribution in [2.75, 3.05) is 18.6 Å². The minimum Gasteiger partial charge on any atom is -0.496 e. The SMILES string of the molecule is CCN1c2cc(OC)c(/C=N\NC(=O)c3ccc(C)cc3Cl)cc2C(C)CC1(C)C. The highest BCUT2D eigenvalue weighted by molar-refractivity contribution is 6.33. The highest BCUT2D eigenvalue weighted by atomic mass is 35.5. The number of methoxy groups -OCH3 is 1. The number of aryl methyl sites for hydroxylation is 1. The fraction of sp³-hybridized carbons (Fsp3) is 0.417. The number of benzene rings is 2. The molecule has 2 aromatic rings. The Balaban J connectivity index is 1.88. The lowest BCUT2D eigenvalue weighted by molar-refractivity contribution is 0.0955. The van der Waals surface area contributed by atoms with Crippen molar-refractivity contribution in [3.63, 3.8) is 0 Å². The topological polar surface area (TPSA) is 53.9 Å². The minimum atomic E-state index is -0.347. The van der Waals surface area contributed by atoms with Gasteiger partial charge in [0, 0.05) is 29.4 Å². The molecule has 0 fully saturated rings. The molecule has 2 aromatic carbocycles. The van der Waals surface area contributed by atoms with E-state index in [4.69, 9.17) is 16.3 Å². The molecule has 5 nitrogen and oxygen atoms in total. The zero-order valence-electron chi connectivity index (χ0n) is 18.5. The largest absolute Gasteiger partial charge is 0.496 e. The minimum absolute atomic E-state index is 0.0864. The number of rotatable bonds is 5. The molecule has 0 bridgehead atoms. The predicted molar refractivity (Wildman–Crippen MR) is 124 cm³/mol. The summed E-state index contributed by atoms with van der Waals surface area (Å²) in [4.78, 5) is 14.8. The molecule has 30 heavy (non-hydrogen) atoms. The van der Waals surface area contributed by atoms with Gasteiger partial charge in [-0.2, -0.15) is 5.10 Å². The summed E-state index contributed by atoms with van der Waals surface area (Å²) in [5.41, 5.74) is 7.34. The van der Waals surface area contributed by atoms with Crippen LogP contribution in [0.5, 0.6) is 5.75 Å². The summed E-state index contributed by atoms with van der Waals surface area (Å²) in [6.07, 6.45) is 2.70. The highest BCUT2D eigenvalue weighted by Crippen LogP contribution is 2.45. The van der Waals surface area contributed by atoms with Crippen LogP contribution in [0.4, 0.5) is 5.69 Å². The van der Waals surface area contributed by atoms with Crippen molar-refractivity contribution in [3.05, 3.63) is 57.6 Å². The molecular formula is C24H30ClN3O2. The molecule has 1 heterocycles. The van der Waals surface area contributed by atoms with E-state index < -0.39 is 0 Å². The second kappa shape index (κ2) is 8.68. The molecule has 1 atom stereocenters. The van der Waals surface area contributed by atoms with Crippen molar-refractivity contribution in [2.24, 2.45) is 5.10 Å². The van der Waals surface area contributed by atoms with Crippen molar-refractivity contribution < 1.29 is 9.53 Å². The van der Waals surface area contributed by atoms with Crippen LogP contribution in [0, 0.1) is 6.92 Å². The Labute approximate surface area is 184 Å². The molecule has 3 rings (SSSR count). The number of nitrogens with zero attached hydrogens (tertiary/aromatic N) is 2. The van der Waals surface area contributed by atoms with E-state index in [0.717, 1.165) is 29.8 Å². The monoisotopic (exact) mass is 427 g/mol. The van der Waals surface area contributed by atoms with E-state index in [1.165, 1.54) is 11.3 Å². The standard InChI is InChI=1S/C24H30ClN3O2/c1-7-28-21-12-22(30-6)17(11-19(21)16(3)13-24(28,4)5)14-26-27-23(29)18-9-8-15(2)10-20(18)25/h8-12,14,16H,7,13H2,1-6H3,(H,27,29)/b26-14-. The maximum atomic E-state index is 12.4. The van der Waals surface area contributed by atoms with E-state index in [-0.39, 0.29) is 11.4 Å². The Morgan fingerprint density at radius 1 is 1.37 bits per heavy atom. The second-order valence-electron chi connectivity index (χ2n) is 8.50. The van der Waals surface area contributed by atoms with Crippen LogP contribution in [0.2, 0.25) is 5.02 Å². The first kappa shape index (κ1) is 22.2. The first-order valence-electron chi connectivity index (χ1n) is 10.3. The third-order valence-electron chi connectivity index (χ3n) is 5.79. The number of hydrogen-bond acceptors (Lipinski definition) is 4. The predicted octanol–water partition coefficient (Wildman–Crippen LogP) is 5.53. The summed E-state index contributed by atoms with van der Waals surface area (Å²) in [5.74, 6) is 0.792. The average molecular weight is 428 g/mol. The average Bonchev–Trinajstić information content (AvgIpc) is 2.67. The third-order valence-corrected chi connectivity index (χ3v) is 6.11. The normalized spacial score (nSPS) is 17.7. The van der Waals surface area contributed by atoms with Gasteiger partial charge in [0.2, 0.25) is 0 Å². The van der Waals surface area contributed by atoms with Crippen LogP contribution in [0.1, 0.15) is 67.1 Å². The number of fused-ring (bicyclic) bond motifs is 1. The van der Waals surface area contributed by atoms with Gasteiger partial charge in [0.15, 0.2) is 0 Å². The van der Waals surface area contributed by atoms with Gasteiger partial charge in [-0.15, -0.1) is 0 Å². The number of carbonyl (C=O) groups excluding carboxylic acids is 1. The molecule has 0 spiro atoms. The number of ether oxygens (including phenoxy) is 1. The Kier molecular flexibility index (Phi) is 6.41. The van der Waals surface area contributed by atoms with Gasteiger partial charge in [-0.25, -0.2) is 5.43 Å². The van der Waals surface area contributed by atoms with Crippen molar-refractivity contribution in [1.82, 2.24) is 5.43 Å². The first-order valence-corrected chi connectivity index (χ1v) is 10.6. The van der Waals surface area contributed by atoms with E-state index >= 15 is 0 Å². The number of hydrogen-bond donors (Lipinski definition) is 1. The van der Waals surface area contributed by atoms with Crippen LogP contribution in [0.15, 0.2) is 35.4 Å². The van der Waals surface area contributed by atoms with Crippen LogP contribution in [-0.4, -0.2) is 31.3 Å². The van der Waals surface area contributed by atoms with Crippen LogP contribution in [-0.2, 0) is 0 Å². The lowest BCUT2D eigenvalue weighted by Gasteiger charge is -2.47. The zero-order valence-corrected chi connectivity index (χ0v) is 19.3. The summed E-state index contributed by atoms with van der Waals surface area (Å²) in [6.45, 7) is 11.8. The quantitative estimate of drug-likeness (QED) is 0.504. The summed E-state index contributed by atoms with van der Waals surface area (Å²) < 4.78 is 5.63. The van der Waals surface area contributed by atoms with Gasteiger partial charge in [0.05, 0.1) is 23.9 Å². The van der Waals surface area contributed by atoms with E-state index in [9.17, 15) is 4.79 Å². The molecule has 0 saturated heterocycles. The number of halogens is 1. The Bertz CT molecular complexity index is 985. The van der Waals surface area contributed by atoms with Gasteiger partial charge in [-0.3, -0.25) is 4.79 Å². The van der Waals surface area contributed by atoms with Crippen LogP contribution in [0.25, 0.3) is 0 Å². The summed E-state index contributed by atoms with van der Waals surface area (Å²) >= 11 is 6.18. The fourth-order valence-corrected chi connectivity index (χ4v) is 4.75. The van der Waals surface area contributed by atoms with Crippen LogP contribution >= 0.6 is 11.6 Å². The van der Waals surface area contributed by atoms with Gasteiger partial charge in [0.25, 0.3) is 5.91 Å². The number of amides is 1. The lowest BCUT2D eigenvalue weighted by Crippen LogP contribution is -2.48. The fourth-order valence-electron chi connectivity index (χ4n) is 4.43. The Morgan fingerprint density at radius 2 is 2.10 bits per heavy atom. The zero-order chi connectivity index (χ0) is 22.1. The molecule has 1 aliphatic heterocycles. The third kappa shape index (κ3) is 4.31. The molecule has 1 aliphatic rings.